The van der Waals surface area contributed by atoms with Crippen molar-refractivity contribution >= 4 is 57.7 Å². The highest BCUT2D eigenvalue weighted by Gasteiger charge is 2.32. The summed E-state index contributed by atoms with van der Waals surface area (Å²) in [6.45, 7) is 3.44. The number of thiocarbonyl (C=S) groups is 1. The van der Waals surface area contributed by atoms with Crippen LogP contribution in [0.5, 0.6) is 0 Å². The second-order valence-electron chi connectivity index (χ2n) is 7.17. The number of rotatable bonds is 4. The lowest BCUT2D eigenvalue weighted by Crippen LogP contribution is -2.40. The summed E-state index contributed by atoms with van der Waals surface area (Å²) in [5.41, 5.74) is 6.06. The van der Waals surface area contributed by atoms with Crippen LogP contribution in [-0.2, 0) is 9.59 Å². The molecular weight excluding hydrogens is 422 g/mol. The topological polar surface area (TPSA) is 101 Å². The van der Waals surface area contributed by atoms with Crippen molar-refractivity contribution in [1.82, 2.24) is 14.3 Å². The van der Waals surface area contributed by atoms with Gasteiger partial charge in [-0.1, -0.05) is 30.0 Å². The highest BCUT2D eigenvalue weighted by molar-refractivity contribution is 8.26. The molecule has 0 unspecified atom stereocenters. The van der Waals surface area contributed by atoms with Crippen LogP contribution >= 0.6 is 24.0 Å². The van der Waals surface area contributed by atoms with Crippen LogP contribution in [-0.4, -0.2) is 50.1 Å². The number of amides is 2. The van der Waals surface area contributed by atoms with Crippen LogP contribution in [0.25, 0.3) is 11.7 Å². The molecule has 156 valence electrons. The van der Waals surface area contributed by atoms with E-state index < -0.39 is 0 Å². The van der Waals surface area contributed by atoms with Gasteiger partial charge < -0.3 is 10.6 Å². The number of aromatic nitrogens is 2. The largest absolute Gasteiger partial charge is 0.369 e. The fourth-order valence-electron chi connectivity index (χ4n) is 3.74. The molecular formula is C20H21N5O3S2. The summed E-state index contributed by atoms with van der Waals surface area (Å²) >= 11 is 6.48. The molecule has 2 aromatic heterocycles. The van der Waals surface area contributed by atoms with Crippen molar-refractivity contribution < 1.29 is 9.59 Å². The number of hydrogen-bond donors (Lipinski definition) is 1. The van der Waals surface area contributed by atoms with Gasteiger partial charge in [-0.05, 0) is 38.0 Å². The third-order valence-electron chi connectivity index (χ3n) is 5.41. The molecule has 4 rings (SSSR count). The monoisotopic (exact) mass is 443 g/mol. The van der Waals surface area contributed by atoms with E-state index in [2.05, 4.69) is 0 Å². The molecule has 0 radical (unpaired) electrons. The number of nitrogens with zero attached hydrogens (tertiary/aromatic N) is 4. The Labute approximate surface area is 182 Å². The number of nitrogens with two attached hydrogens (primary N) is 1. The minimum Gasteiger partial charge on any atom is -0.369 e. The maximum atomic E-state index is 13.3. The van der Waals surface area contributed by atoms with Gasteiger partial charge in [0.05, 0.1) is 10.5 Å². The number of carbonyl (C=O) groups is 2. The molecule has 2 aliphatic heterocycles. The summed E-state index contributed by atoms with van der Waals surface area (Å²) in [4.78, 5) is 46.1. The van der Waals surface area contributed by atoms with E-state index in [1.807, 2.05) is 17.9 Å². The molecule has 2 aliphatic rings. The molecule has 0 saturated carbocycles. The molecule has 8 nitrogen and oxygen atoms in total. The standard InChI is InChI=1S/C20H21N5O3S2/c1-2-24-19(28)14(30-20(24)29)11-13-17(23-9-6-12(7-10-23)16(21)26)22-15-5-3-4-8-25(15)18(13)27/h3-5,8,11-12H,2,6-7,9-10H2,1H3,(H2,21,26)/b14-11-. The molecule has 2 fully saturated rings. The van der Waals surface area contributed by atoms with Gasteiger partial charge in [-0.25, -0.2) is 4.98 Å². The Balaban J connectivity index is 1.81. The van der Waals surface area contributed by atoms with Gasteiger partial charge >= 0.3 is 0 Å². The lowest BCUT2D eigenvalue weighted by atomic mass is 9.96. The van der Waals surface area contributed by atoms with E-state index >= 15 is 0 Å². The Bertz CT molecular complexity index is 1130. The molecule has 30 heavy (non-hydrogen) atoms. The van der Waals surface area contributed by atoms with Gasteiger partial charge in [0.1, 0.15) is 15.8 Å². The van der Waals surface area contributed by atoms with E-state index in [-0.39, 0.29) is 23.3 Å². The van der Waals surface area contributed by atoms with E-state index in [0.29, 0.717) is 58.7 Å². The molecule has 0 aromatic carbocycles. The Kier molecular flexibility index (Phi) is 5.61. The molecule has 0 atom stereocenters. The fraction of sp³-hybridized carbons (Fsp3) is 0.350. The summed E-state index contributed by atoms with van der Waals surface area (Å²) in [6, 6.07) is 5.34. The van der Waals surface area contributed by atoms with Gasteiger partial charge in [-0.2, -0.15) is 0 Å². The van der Waals surface area contributed by atoms with E-state index in [9.17, 15) is 14.4 Å². The van der Waals surface area contributed by atoms with Gasteiger partial charge in [0, 0.05) is 31.7 Å². The van der Waals surface area contributed by atoms with Crippen molar-refractivity contribution in [3.05, 3.63) is 45.2 Å². The summed E-state index contributed by atoms with van der Waals surface area (Å²) in [5, 5.41) is 0. The van der Waals surface area contributed by atoms with Gasteiger partial charge in [0.25, 0.3) is 11.5 Å². The number of piperidine rings is 1. The first-order valence-electron chi connectivity index (χ1n) is 9.71. The maximum Gasteiger partial charge on any atom is 0.267 e. The number of likely N-dealkylation sites (N-methyl/N-ethyl adjacent to an activating group) is 1. The molecule has 2 aromatic rings. The molecule has 4 heterocycles. The highest BCUT2D eigenvalue weighted by Crippen LogP contribution is 2.33. The first-order valence-corrected chi connectivity index (χ1v) is 10.9. The number of primary amides is 1. The van der Waals surface area contributed by atoms with Crippen LogP contribution in [0.15, 0.2) is 34.1 Å². The number of pyridine rings is 1. The van der Waals surface area contributed by atoms with E-state index in [1.165, 1.54) is 21.1 Å². The summed E-state index contributed by atoms with van der Waals surface area (Å²) in [6.07, 6.45) is 4.45. The number of thioether (sulfide) groups is 1. The number of fused-ring (bicyclic) bond motifs is 1. The molecule has 0 aliphatic carbocycles. The minimum absolute atomic E-state index is 0.174. The molecule has 2 N–H and O–H groups in total. The highest BCUT2D eigenvalue weighted by atomic mass is 32.2. The van der Waals surface area contributed by atoms with Crippen molar-refractivity contribution in [1.29, 1.82) is 0 Å². The zero-order valence-electron chi connectivity index (χ0n) is 16.4. The fourth-order valence-corrected chi connectivity index (χ4v) is 5.10. The van der Waals surface area contributed by atoms with Crippen LogP contribution < -0.4 is 16.2 Å². The number of anilines is 1. The number of carbonyl (C=O) groups excluding carboxylic acids is 2. The normalized spacial score (nSPS) is 19.3. The lowest BCUT2D eigenvalue weighted by molar-refractivity contribution is -0.123. The van der Waals surface area contributed by atoms with Crippen LogP contribution in [0.1, 0.15) is 25.3 Å². The second kappa shape index (κ2) is 8.19. The van der Waals surface area contributed by atoms with Crippen LogP contribution in [0.2, 0.25) is 0 Å². The van der Waals surface area contributed by atoms with Gasteiger partial charge in [0.15, 0.2) is 0 Å². The van der Waals surface area contributed by atoms with Crippen LogP contribution in [0.4, 0.5) is 5.82 Å². The average molecular weight is 444 g/mol. The first kappa shape index (κ1) is 20.5. The van der Waals surface area contributed by atoms with Gasteiger partial charge in [-0.3, -0.25) is 23.7 Å². The van der Waals surface area contributed by atoms with Crippen molar-refractivity contribution in [2.24, 2.45) is 11.7 Å². The second-order valence-corrected chi connectivity index (χ2v) is 8.85. The van der Waals surface area contributed by atoms with E-state index in [4.69, 9.17) is 22.9 Å². The first-order chi connectivity index (χ1) is 14.4. The molecule has 2 saturated heterocycles. The SMILES string of the molecule is CCN1C(=O)/C(=C/c2c(N3CCC(C(N)=O)CC3)nc3ccccn3c2=O)SC1=S. The van der Waals surface area contributed by atoms with Crippen molar-refractivity contribution in [2.75, 3.05) is 24.5 Å². The van der Waals surface area contributed by atoms with E-state index in [1.54, 1.807) is 24.4 Å². The van der Waals surface area contributed by atoms with Crippen molar-refractivity contribution in [3.8, 4) is 0 Å². The summed E-state index contributed by atoms with van der Waals surface area (Å²) < 4.78 is 1.94. The molecule has 0 spiro atoms. The van der Waals surface area contributed by atoms with Gasteiger partial charge in [0.2, 0.25) is 5.91 Å². The zero-order chi connectivity index (χ0) is 21.4. The van der Waals surface area contributed by atoms with Crippen LogP contribution in [0, 0.1) is 5.92 Å². The Morgan fingerprint density at radius 1 is 1.33 bits per heavy atom. The zero-order valence-corrected chi connectivity index (χ0v) is 18.0. The lowest BCUT2D eigenvalue weighted by Gasteiger charge is -2.32. The van der Waals surface area contributed by atoms with E-state index in [0.717, 1.165) is 0 Å². The van der Waals surface area contributed by atoms with Gasteiger partial charge in [-0.15, -0.1) is 0 Å². The predicted octanol–water partition coefficient (Wildman–Crippen LogP) is 1.62. The Morgan fingerprint density at radius 2 is 2.07 bits per heavy atom. The third kappa shape index (κ3) is 3.61. The maximum absolute atomic E-state index is 13.3. The van der Waals surface area contributed by atoms with Crippen molar-refractivity contribution in [2.45, 2.75) is 19.8 Å². The summed E-state index contributed by atoms with van der Waals surface area (Å²) in [7, 11) is 0. The third-order valence-corrected chi connectivity index (χ3v) is 6.79. The number of hydrogen-bond acceptors (Lipinski definition) is 7. The summed E-state index contributed by atoms with van der Waals surface area (Å²) in [5.74, 6) is -0.170. The average Bonchev–Trinajstić information content (AvgIpc) is 3.02. The molecule has 10 heteroatoms. The van der Waals surface area contributed by atoms with Crippen molar-refractivity contribution in [3.63, 3.8) is 0 Å². The molecule has 0 bridgehead atoms. The van der Waals surface area contributed by atoms with Crippen LogP contribution in [0.3, 0.4) is 0 Å². The predicted molar refractivity (Wildman–Crippen MR) is 121 cm³/mol. The smallest absolute Gasteiger partial charge is 0.267 e. The quantitative estimate of drug-likeness (QED) is 0.566. The Morgan fingerprint density at radius 3 is 2.70 bits per heavy atom. The minimum atomic E-state index is -0.301. The Hall–Kier alpha value is -2.72. The molecule has 2 amide bonds.